The predicted molar refractivity (Wildman–Crippen MR) is 218 cm³/mol. The third-order valence-corrected chi connectivity index (χ3v) is 16.9. The fourth-order valence-corrected chi connectivity index (χ4v) is 13.7. The topological polar surface area (TPSA) is 26.3 Å². The number of carbonyl (C=O) groups is 1. The molecule has 0 radical (unpaired) electrons. The summed E-state index contributed by atoms with van der Waals surface area (Å²) in [5, 5.41) is 0. The van der Waals surface area contributed by atoms with E-state index in [4.69, 9.17) is 4.74 Å². The molecule has 5 saturated carbocycles. The van der Waals surface area contributed by atoms with Crippen molar-refractivity contribution in [3.8, 4) is 0 Å². The number of allylic oxidation sites excluding steroid dienone is 7. The van der Waals surface area contributed by atoms with E-state index >= 15 is 0 Å². The van der Waals surface area contributed by atoms with Crippen molar-refractivity contribution in [2.45, 2.75) is 196 Å². The Balaban J connectivity index is 1.03. The summed E-state index contributed by atoms with van der Waals surface area (Å²) in [5.41, 5.74) is 3.49. The van der Waals surface area contributed by atoms with Gasteiger partial charge in [0.1, 0.15) is 6.10 Å². The van der Waals surface area contributed by atoms with E-state index in [0.29, 0.717) is 39.9 Å². The Morgan fingerprint density at radius 3 is 2.24 bits per heavy atom. The van der Waals surface area contributed by atoms with Gasteiger partial charge < -0.3 is 4.74 Å². The van der Waals surface area contributed by atoms with E-state index in [-0.39, 0.29) is 12.1 Å². The minimum atomic E-state index is 0.0729. The third kappa shape index (κ3) is 8.26. The van der Waals surface area contributed by atoms with Crippen LogP contribution in [0, 0.1) is 57.2 Å². The minimum Gasteiger partial charge on any atom is -0.462 e. The van der Waals surface area contributed by atoms with E-state index in [9.17, 15) is 4.79 Å². The van der Waals surface area contributed by atoms with E-state index in [1.165, 1.54) is 102 Å². The summed E-state index contributed by atoms with van der Waals surface area (Å²) in [6.45, 7) is 21.7. The van der Waals surface area contributed by atoms with E-state index in [1.807, 2.05) is 0 Å². The lowest BCUT2D eigenvalue weighted by Gasteiger charge is -2.62. The monoisotopic (exact) mass is 701 g/mol. The lowest BCUT2D eigenvalue weighted by Crippen LogP contribution is -2.56. The molecule has 51 heavy (non-hydrogen) atoms. The number of unbranched alkanes of at least 4 members (excludes halogenated alkanes) is 5. The molecule has 11 atom stereocenters. The quantitative estimate of drug-likeness (QED) is 0.0718. The van der Waals surface area contributed by atoms with Gasteiger partial charge in [-0.25, -0.2) is 0 Å². The summed E-state index contributed by atoms with van der Waals surface area (Å²) >= 11 is 0. The van der Waals surface area contributed by atoms with Crippen LogP contribution in [0.5, 0.6) is 0 Å². The van der Waals surface area contributed by atoms with Gasteiger partial charge in [-0.2, -0.15) is 0 Å². The van der Waals surface area contributed by atoms with Gasteiger partial charge in [0.25, 0.3) is 0 Å². The number of rotatable bonds is 20. The molecule has 0 N–H and O–H groups in total. The molecule has 0 bridgehead atoms. The third-order valence-electron chi connectivity index (χ3n) is 16.9. The lowest BCUT2D eigenvalue weighted by atomic mass is 9.43. The van der Waals surface area contributed by atoms with Gasteiger partial charge in [0, 0.05) is 6.42 Å². The van der Waals surface area contributed by atoms with Crippen LogP contribution >= 0.6 is 0 Å². The molecule has 0 amide bonds. The minimum absolute atomic E-state index is 0.0729. The average Bonchev–Trinajstić information content (AvgIpc) is 3.69. The van der Waals surface area contributed by atoms with E-state index < -0.39 is 0 Å². The fourth-order valence-electron chi connectivity index (χ4n) is 13.7. The smallest absolute Gasteiger partial charge is 0.306 e. The molecule has 0 aromatic carbocycles. The van der Waals surface area contributed by atoms with Gasteiger partial charge in [-0.1, -0.05) is 109 Å². The fraction of sp³-hybridized carbons (Fsp3) is 0.816. The maximum absolute atomic E-state index is 13.0. The Labute approximate surface area is 316 Å². The van der Waals surface area contributed by atoms with Crippen LogP contribution in [0.15, 0.2) is 48.6 Å². The maximum Gasteiger partial charge on any atom is 0.306 e. The number of hydrogen-bond donors (Lipinski definition) is 0. The van der Waals surface area contributed by atoms with Gasteiger partial charge in [0.05, 0.1) is 0 Å². The largest absolute Gasteiger partial charge is 0.462 e. The Morgan fingerprint density at radius 2 is 1.51 bits per heavy atom. The Bertz CT molecular complexity index is 1240. The first kappa shape index (κ1) is 40.6. The normalized spacial score (nSPS) is 38.3. The Kier molecular flexibility index (Phi) is 14.1. The zero-order chi connectivity index (χ0) is 36.7. The second kappa shape index (κ2) is 17.7. The number of fused-ring (bicyclic) bond motifs is 2. The molecule has 2 spiro atoms. The SMILES string of the molecule is C=C(C)[C@H](CC)CC[C@@H](C)[C@H]1CC[C@@]2(C)[C@@H]3CC[C@H]4[C@H](C)[C@@H](OC(=O)CCCCCCC/C=C\C/C=C\C/C=C\CC)CC[C@@]45C[C@@]35CC[C@]12C. The summed E-state index contributed by atoms with van der Waals surface area (Å²) < 4.78 is 6.31. The van der Waals surface area contributed by atoms with Crippen molar-refractivity contribution in [2.24, 2.45) is 57.2 Å². The molecule has 0 aliphatic heterocycles. The first-order valence-corrected chi connectivity index (χ1v) is 22.3. The molecule has 0 unspecified atom stereocenters. The molecule has 0 saturated heterocycles. The number of ether oxygens (including phenoxy) is 1. The molecule has 288 valence electrons. The zero-order valence-corrected chi connectivity index (χ0v) is 34.6. The molecule has 5 aliphatic rings. The number of hydrogen-bond acceptors (Lipinski definition) is 2. The summed E-state index contributed by atoms with van der Waals surface area (Å²) in [5.74, 6) is 4.64. The maximum atomic E-state index is 13.0. The van der Waals surface area contributed by atoms with Crippen molar-refractivity contribution in [3.05, 3.63) is 48.6 Å². The molecule has 0 aromatic heterocycles. The lowest BCUT2D eigenvalue weighted by molar-refractivity contribution is -0.167. The first-order chi connectivity index (χ1) is 24.5. The van der Waals surface area contributed by atoms with Crippen LogP contribution in [0.4, 0.5) is 0 Å². The molecule has 2 heteroatoms. The van der Waals surface area contributed by atoms with Gasteiger partial charge in [-0.05, 0) is 180 Å². The van der Waals surface area contributed by atoms with Crippen LogP contribution in [0.1, 0.15) is 190 Å². The van der Waals surface area contributed by atoms with E-state index in [1.54, 1.807) is 0 Å². The number of esters is 1. The molecule has 5 fully saturated rings. The molecular weight excluding hydrogens is 621 g/mol. The van der Waals surface area contributed by atoms with Gasteiger partial charge in [0.2, 0.25) is 0 Å². The highest BCUT2D eigenvalue weighted by Crippen LogP contribution is 2.88. The highest BCUT2D eigenvalue weighted by atomic mass is 16.5. The summed E-state index contributed by atoms with van der Waals surface area (Å²) in [6.07, 6.45) is 41.0. The first-order valence-electron chi connectivity index (χ1n) is 22.3. The van der Waals surface area contributed by atoms with Crippen LogP contribution in [-0.4, -0.2) is 12.1 Å². The van der Waals surface area contributed by atoms with Crippen molar-refractivity contribution in [1.82, 2.24) is 0 Å². The van der Waals surface area contributed by atoms with Crippen molar-refractivity contribution in [1.29, 1.82) is 0 Å². The van der Waals surface area contributed by atoms with Gasteiger partial charge >= 0.3 is 5.97 Å². The van der Waals surface area contributed by atoms with Crippen LogP contribution in [0.25, 0.3) is 0 Å². The van der Waals surface area contributed by atoms with Crippen LogP contribution in [0.2, 0.25) is 0 Å². The highest BCUT2D eigenvalue weighted by Gasteiger charge is 2.81. The Hall–Kier alpha value is -1.57. The van der Waals surface area contributed by atoms with Crippen LogP contribution in [-0.2, 0) is 9.53 Å². The molecular formula is C49H80O2. The number of carbonyl (C=O) groups excluding carboxylic acids is 1. The van der Waals surface area contributed by atoms with Gasteiger partial charge in [0.15, 0.2) is 0 Å². The van der Waals surface area contributed by atoms with Crippen molar-refractivity contribution < 1.29 is 9.53 Å². The van der Waals surface area contributed by atoms with Crippen LogP contribution < -0.4 is 0 Å². The second-order valence-corrected chi connectivity index (χ2v) is 19.2. The average molecular weight is 701 g/mol. The summed E-state index contributed by atoms with van der Waals surface area (Å²) in [4.78, 5) is 13.0. The standard InChI is InChI=1S/C49H80O2/c1-9-11-12-13-14-15-16-17-18-19-20-21-22-23-24-25-45(50)51-43-31-33-48-36-49(48)35-34-46(7)41(38(5)26-27-40(10-2)37(3)4)30-32-47(46,8)44(49)29-28-42(48)39(43)6/h11-12,14-15,17-18,38-44H,3,9-10,13,16,19-36H2,1-2,4-8H3/b12-11-,15-14-,18-17-/t38-,39+,40-,41-,42+,43+,44+,46-,47+,48-,49+/m1/s1. The highest BCUT2D eigenvalue weighted by molar-refractivity contribution is 5.69. The summed E-state index contributed by atoms with van der Waals surface area (Å²) in [7, 11) is 0. The zero-order valence-electron chi connectivity index (χ0n) is 34.6. The van der Waals surface area contributed by atoms with Crippen LogP contribution in [0.3, 0.4) is 0 Å². The molecule has 5 aliphatic carbocycles. The van der Waals surface area contributed by atoms with Gasteiger partial charge in [-0.15, -0.1) is 0 Å². The van der Waals surface area contributed by atoms with E-state index in [0.717, 1.165) is 62.2 Å². The molecule has 2 nitrogen and oxygen atoms in total. The molecule has 5 rings (SSSR count). The summed E-state index contributed by atoms with van der Waals surface area (Å²) in [6, 6.07) is 0. The Morgan fingerprint density at radius 1 is 0.804 bits per heavy atom. The van der Waals surface area contributed by atoms with E-state index in [2.05, 4.69) is 91.5 Å². The van der Waals surface area contributed by atoms with Crippen molar-refractivity contribution in [3.63, 3.8) is 0 Å². The van der Waals surface area contributed by atoms with Crippen molar-refractivity contribution >= 4 is 5.97 Å². The van der Waals surface area contributed by atoms with Gasteiger partial charge in [-0.3, -0.25) is 4.79 Å². The van der Waals surface area contributed by atoms with Crippen molar-refractivity contribution in [2.75, 3.05) is 0 Å². The predicted octanol–water partition coefficient (Wildman–Crippen LogP) is 14.6. The molecule has 0 aromatic rings. The molecule has 0 heterocycles. The second-order valence-electron chi connectivity index (χ2n) is 19.2.